The third kappa shape index (κ3) is 3.36. The standard InChI is InChI=1S/C17H20N2O2S/c1-2-16(20)19(11-14-9-6-10-21-14)17-18-15(12-22-17)13-7-4-3-5-8-13/h3-5,7-8,12,14H,2,6,9-11H2,1H3/t14-/m1/s1. The molecule has 0 aliphatic carbocycles. The van der Waals surface area contributed by atoms with Gasteiger partial charge in [-0.3, -0.25) is 9.69 Å². The summed E-state index contributed by atoms with van der Waals surface area (Å²) in [5, 5.41) is 2.78. The van der Waals surface area contributed by atoms with Crippen LogP contribution in [-0.4, -0.2) is 30.1 Å². The van der Waals surface area contributed by atoms with Gasteiger partial charge in [0.2, 0.25) is 5.91 Å². The van der Waals surface area contributed by atoms with E-state index in [9.17, 15) is 4.79 Å². The Morgan fingerprint density at radius 1 is 1.41 bits per heavy atom. The van der Waals surface area contributed by atoms with Gasteiger partial charge in [-0.15, -0.1) is 11.3 Å². The number of rotatable bonds is 5. The molecule has 3 rings (SSSR count). The molecule has 4 nitrogen and oxygen atoms in total. The topological polar surface area (TPSA) is 42.4 Å². The summed E-state index contributed by atoms with van der Waals surface area (Å²) < 4.78 is 5.67. The van der Waals surface area contributed by atoms with E-state index in [1.54, 1.807) is 4.90 Å². The zero-order valence-electron chi connectivity index (χ0n) is 12.7. The van der Waals surface area contributed by atoms with E-state index in [0.717, 1.165) is 35.8 Å². The van der Waals surface area contributed by atoms with E-state index in [-0.39, 0.29) is 12.0 Å². The van der Waals surface area contributed by atoms with Crippen LogP contribution in [-0.2, 0) is 9.53 Å². The highest BCUT2D eigenvalue weighted by atomic mass is 32.1. The predicted molar refractivity (Wildman–Crippen MR) is 89.2 cm³/mol. The van der Waals surface area contributed by atoms with Gasteiger partial charge in [0.1, 0.15) is 0 Å². The van der Waals surface area contributed by atoms with E-state index in [2.05, 4.69) is 4.98 Å². The molecule has 1 aliphatic rings. The fraction of sp³-hybridized carbons (Fsp3) is 0.412. The largest absolute Gasteiger partial charge is 0.376 e. The van der Waals surface area contributed by atoms with Gasteiger partial charge >= 0.3 is 0 Å². The van der Waals surface area contributed by atoms with Crippen molar-refractivity contribution < 1.29 is 9.53 Å². The van der Waals surface area contributed by atoms with Crippen LogP contribution in [0.3, 0.4) is 0 Å². The first kappa shape index (κ1) is 15.2. The second-order valence-electron chi connectivity index (χ2n) is 5.37. The van der Waals surface area contributed by atoms with Crippen molar-refractivity contribution in [1.29, 1.82) is 0 Å². The molecule has 0 unspecified atom stereocenters. The van der Waals surface area contributed by atoms with Crippen molar-refractivity contribution in [3.8, 4) is 11.3 Å². The Labute approximate surface area is 134 Å². The number of thiazole rings is 1. The molecule has 0 saturated carbocycles. The van der Waals surface area contributed by atoms with Crippen molar-refractivity contribution in [2.75, 3.05) is 18.1 Å². The van der Waals surface area contributed by atoms with Crippen molar-refractivity contribution >= 4 is 22.4 Å². The highest BCUT2D eigenvalue weighted by Gasteiger charge is 2.25. The number of hydrogen-bond acceptors (Lipinski definition) is 4. The summed E-state index contributed by atoms with van der Waals surface area (Å²) in [6, 6.07) is 10.0. The summed E-state index contributed by atoms with van der Waals surface area (Å²) in [7, 11) is 0. The van der Waals surface area contributed by atoms with Gasteiger partial charge in [-0.05, 0) is 12.8 Å². The molecule has 1 aliphatic heterocycles. The monoisotopic (exact) mass is 316 g/mol. The maximum Gasteiger partial charge on any atom is 0.228 e. The van der Waals surface area contributed by atoms with Crippen molar-refractivity contribution in [2.45, 2.75) is 32.3 Å². The quantitative estimate of drug-likeness (QED) is 0.844. The van der Waals surface area contributed by atoms with Gasteiger partial charge in [-0.1, -0.05) is 37.3 Å². The Morgan fingerprint density at radius 3 is 2.91 bits per heavy atom. The lowest BCUT2D eigenvalue weighted by Crippen LogP contribution is -2.37. The molecule has 2 heterocycles. The SMILES string of the molecule is CCC(=O)N(C[C@H]1CCCO1)c1nc(-c2ccccc2)cs1. The summed E-state index contributed by atoms with van der Waals surface area (Å²) in [6.07, 6.45) is 2.71. The first-order valence-corrected chi connectivity index (χ1v) is 8.59. The molecule has 1 amide bonds. The van der Waals surface area contributed by atoms with Crippen LogP contribution in [0.1, 0.15) is 26.2 Å². The summed E-state index contributed by atoms with van der Waals surface area (Å²) in [4.78, 5) is 18.7. The van der Waals surface area contributed by atoms with E-state index in [1.165, 1.54) is 11.3 Å². The summed E-state index contributed by atoms with van der Waals surface area (Å²) in [6.45, 7) is 3.29. The maximum absolute atomic E-state index is 12.3. The molecular formula is C17H20N2O2S. The van der Waals surface area contributed by atoms with E-state index < -0.39 is 0 Å². The number of benzene rings is 1. The second-order valence-corrected chi connectivity index (χ2v) is 6.21. The average Bonchev–Trinajstić information content (AvgIpc) is 3.24. The van der Waals surface area contributed by atoms with Crippen LogP contribution >= 0.6 is 11.3 Å². The molecule has 1 saturated heterocycles. The summed E-state index contributed by atoms with van der Waals surface area (Å²) >= 11 is 1.52. The molecule has 22 heavy (non-hydrogen) atoms. The van der Waals surface area contributed by atoms with Crippen LogP contribution in [0.5, 0.6) is 0 Å². The number of carbonyl (C=O) groups is 1. The predicted octanol–water partition coefficient (Wildman–Crippen LogP) is 3.73. The number of ether oxygens (including phenoxy) is 1. The van der Waals surface area contributed by atoms with Crippen LogP contribution in [0.15, 0.2) is 35.7 Å². The van der Waals surface area contributed by atoms with Crippen molar-refractivity contribution in [2.24, 2.45) is 0 Å². The summed E-state index contributed by atoms with van der Waals surface area (Å²) in [5.74, 6) is 0.101. The van der Waals surface area contributed by atoms with Crippen molar-refractivity contribution in [3.05, 3.63) is 35.7 Å². The fourth-order valence-corrected chi connectivity index (χ4v) is 3.46. The molecule has 1 atom stereocenters. The first-order chi connectivity index (χ1) is 10.8. The fourth-order valence-electron chi connectivity index (χ4n) is 2.60. The van der Waals surface area contributed by atoms with E-state index in [4.69, 9.17) is 4.74 Å². The minimum Gasteiger partial charge on any atom is -0.376 e. The molecule has 2 aromatic rings. The lowest BCUT2D eigenvalue weighted by atomic mass is 10.2. The van der Waals surface area contributed by atoms with Gasteiger partial charge in [0.15, 0.2) is 5.13 Å². The second kappa shape index (κ2) is 7.03. The normalized spacial score (nSPS) is 17.6. The van der Waals surface area contributed by atoms with Gasteiger partial charge in [-0.2, -0.15) is 0 Å². The van der Waals surface area contributed by atoms with Gasteiger partial charge in [0.25, 0.3) is 0 Å². The zero-order chi connectivity index (χ0) is 15.4. The Morgan fingerprint density at radius 2 is 2.23 bits per heavy atom. The third-order valence-corrected chi connectivity index (χ3v) is 4.67. The van der Waals surface area contributed by atoms with Gasteiger partial charge in [-0.25, -0.2) is 4.98 Å². The highest BCUT2D eigenvalue weighted by Crippen LogP contribution is 2.28. The number of hydrogen-bond donors (Lipinski definition) is 0. The van der Waals surface area contributed by atoms with Gasteiger partial charge < -0.3 is 4.74 Å². The van der Waals surface area contributed by atoms with Crippen molar-refractivity contribution in [3.63, 3.8) is 0 Å². The van der Waals surface area contributed by atoms with E-state index in [0.29, 0.717) is 13.0 Å². The molecule has 0 spiro atoms. The molecule has 0 radical (unpaired) electrons. The number of amides is 1. The number of carbonyl (C=O) groups excluding carboxylic acids is 1. The Kier molecular flexibility index (Phi) is 4.85. The zero-order valence-corrected chi connectivity index (χ0v) is 13.5. The molecule has 1 aromatic heterocycles. The van der Waals surface area contributed by atoms with Crippen molar-refractivity contribution in [1.82, 2.24) is 4.98 Å². The molecule has 0 bridgehead atoms. The Hall–Kier alpha value is -1.72. The minimum atomic E-state index is 0.101. The highest BCUT2D eigenvalue weighted by molar-refractivity contribution is 7.14. The lowest BCUT2D eigenvalue weighted by Gasteiger charge is -2.22. The maximum atomic E-state index is 12.3. The molecule has 1 aromatic carbocycles. The Balaban J connectivity index is 1.81. The van der Waals surface area contributed by atoms with Gasteiger partial charge in [0.05, 0.1) is 18.3 Å². The van der Waals surface area contributed by atoms with Crippen LogP contribution < -0.4 is 4.90 Å². The average molecular weight is 316 g/mol. The van der Waals surface area contributed by atoms with Crippen LogP contribution in [0.2, 0.25) is 0 Å². The first-order valence-electron chi connectivity index (χ1n) is 7.71. The third-order valence-electron chi connectivity index (χ3n) is 3.81. The van der Waals surface area contributed by atoms with Crippen LogP contribution in [0, 0.1) is 0 Å². The van der Waals surface area contributed by atoms with Crippen LogP contribution in [0.25, 0.3) is 11.3 Å². The lowest BCUT2D eigenvalue weighted by molar-refractivity contribution is -0.118. The molecule has 1 fully saturated rings. The smallest absolute Gasteiger partial charge is 0.228 e. The number of nitrogens with zero attached hydrogens (tertiary/aromatic N) is 2. The van der Waals surface area contributed by atoms with Gasteiger partial charge in [0, 0.05) is 24.0 Å². The van der Waals surface area contributed by atoms with Crippen LogP contribution in [0.4, 0.5) is 5.13 Å². The molecular weight excluding hydrogens is 296 g/mol. The van der Waals surface area contributed by atoms with E-state index >= 15 is 0 Å². The number of aromatic nitrogens is 1. The van der Waals surface area contributed by atoms with E-state index in [1.807, 2.05) is 42.6 Å². The minimum absolute atomic E-state index is 0.101. The Bertz CT molecular complexity index is 621. The summed E-state index contributed by atoms with van der Waals surface area (Å²) in [5.41, 5.74) is 1.99. The molecule has 5 heteroatoms. The number of anilines is 1. The molecule has 0 N–H and O–H groups in total. The molecule has 116 valence electrons.